The minimum Gasteiger partial charge on any atom is -0.465 e. The van der Waals surface area contributed by atoms with Crippen LogP contribution in [0.25, 0.3) is 10.8 Å². The Kier molecular flexibility index (Phi) is 4.39. The first-order valence-corrected chi connectivity index (χ1v) is 6.87. The van der Waals surface area contributed by atoms with Crippen LogP contribution in [0.5, 0.6) is 0 Å². The fourth-order valence-corrected chi connectivity index (χ4v) is 2.68. The van der Waals surface area contributed by atoms with E-state index in [4.69, 9.17) is 9.47 Å². The van der Waals surface area contributed by atoms with Gasteiger partial charge in [-0.2, -0.15) is 0 Å². The quantitative estimate of drug-likeness (QED) is 0.635. The van der Waals surface area contributed by atoms with Gasteiger partial charge in [-0.15, -0.1) is 0 Å². The van der Waals surface area contributed by atoms with Crippen LogP contribution in [0, 0.1) is 0 Å². The number of ether oxygens (including phenoxy) is 2. The molecule has 0 aliphatic rings. The highest BCUT2D eigenvalue weighted by Crippen LogP contribution is 2.32. The summed E-state index contributed by atoms with van der Waals surface area (Å²) in [6.45, 7) is 1.35. The van der Waals surface area contributed by atoms with Crippen molar-refractivity contribution in [1.82, 2.24) is 0 Å². The standard InChI is InChI=1S/C15H13BrO4/c1-9(17)20-14(16)12-7-8-13(15(18)19-2)11-6-4-3-5-10(11)12/h3-8,14H,1-2H3. The number of esters is 2. The van der Waals surface area contributed by atoms with Crippen LogP contribution < -0.4 is 0 Å². The molecule has 0 spiro atoms. The van der Waals surface area contributed by atoms with E-state index in [0.717, 1.165) is 16.3 Å². The average molecular weight is 337 g/mol. The van der Waals surface area contributed by atoms with Gasteiger partial charge in [-0.05, 0) is 32.8 Å². The van der Waals surface area contributed by atoms with Crippen molar-refractivity contribution in [1.29, 1.82) is 0 Å². The van der Waals surface area contributed by atoms with E-state index < -0.39 is 11.0 Å². The zero-order valence-electron chi connectivity index (χ0n) is 11.1. The van der Waals surface area contributed by atoms with Crippen LogP contribution in [0.4, 0.5) is 0 Å². The summed E-state index contributed by atoms with van der Waals surface area (Å²) in [5.41, 5.74) is 1.26. The molecule has 0 bridgehead atoms. The fourth-order valence-electron chi connectivity index (χ4n) is 2.02. The molecule has 0 aliphatic heterocycles. The zero-order chi connectivity index (χ0) is 14.7. The summed E-state index contributed by atoms with van der Waals surface area (Å²) in [5.74, 6) is -0.778. The summed E-state index contributed by atoms with van der Waals surface area (Å²) in [4.78, 5) is 22.8. The molecule has 0 heterocycles. The largest absolute Gasteiger partial charge is 0.465 e. The summed E-state index contributed by atoms with van der Waals surface area (Å²) in [5, 5.41) is 1.03. The second-order valence-electron chi connectivity index (χ2n) is 4.16. The highest BCUT2D eigenvalue weighted by atomic mass is 79.9. The highest BCUT2D eigenvalue weighted by Gasteiger charge is 2.18. The third-order valence-corrected chi connectivity index (χ3v) is 3.56. The lowest BCUT2D eigenvalue weighted by Crippen LogP contribution is -2.06. The smallest absolute Gasteiger partial charge is 0.338 e. The first kappa shape index (κ1) is 14.5. The Morgan fingerprint density at radius 3 is 2.35 bits per heavy atom. The van der Waals surface area contributed by atoms with Crippen molar-refractivity contribution < 1.29 is 19.1 Å². The second kappa shape index (κ2) is 6.05. The molecule has 0 saturated carbocycles. The van der Waals surface area contributed by atoms with Gasteiger partial charge in [-0.3, -0.25) is 4.79 Å². The van der Waals surface area contributed by atoms with Crippen LogP contribution in [0.15, 0.2) is 36.4 Å². The lowest BCUT2D eigenvalue weighted by atomic mass is 10.00. The molecular formula is C15H13BrO4. The molecule has 104 valence electrons. The van der Waals surface area contributed by atoms with Crippen molar-refractivity contribution >= 4 is 38.6 Å². The Labute approximate surface area is 124 Å². The summed E-state index contributed by atoms with van der Waals surface area (Å²) in [6.07, 6.45) is 0. The molecular weight excluding hydrogens is 324 g/mol. The van der Waals surface area contributed by atoms with Crippen molar-refractivity contribution in [2.75, 3.05) is 7.11 Å². The van der Waals surface area contributed by atoms with Crippen LogP contribution in [-0.4, -0.2) is 19.0 Å². The number of carbonyl (C=O) groups is 2. The predicted molar refractivity (Wildman–Crippen MR) is 78.7 cm³/mol. The SMILES string of the molecule is COC(=O)c1ccc(C(Br)OC(C)=O)c2ccccc12. The van der Waals surface area contributed by atoms with Gasteiger partial charge in [0.25, 0.3) is 0 Å². The molecule has 0 aliphatic carbocycles. The second-order valence-corrected chi connectivity index (χ2v) is 5.00. The zero-order valence-corrected chi connectivity index (χ0v) is 12.6. The normalized spacial score (nSPS) is 11.9. The number of hydrogen-bond donors (Lipinski definition) is 0. The number of methoxy groups -OCH3 is 1. The molecule has 2 aromatic carbocycles. The molecule has 5 heteroatoms. The van der Waals surface area contributed by atoms with E-state index in [-0.39, 0.29) is 5.97 Å². The Balaban J connectivity index is 2.59. The van der Waals surface area contributed by atoms with Gasteiger partial charge in [-0.1, -0.05) is 30.3 Å². The Bertz CT molecular complexity index is 666. The third-order valence-electron chi connectivity index (χ3n) is 2.88. The first-order chi connectivity index (χ1) is 9.54. The minimum absolute atomic E-state index is 0.381. The van der Waals surface area contributed by atoms with Crippen molar-refractivity contribution in [2.45, 2.75) is 11.9 Å². The Morgan fingerprint density at radius 2 is 1.75 bits per heavy atom. The number of carbonyl (C=O) groups excluding carboxylic acids is 2. The number of fused-ring (bicyclic) bond motifs is 1. The van der Waals surface area contributed by atoms with E-state index in [2.05, 4.69) is 15.9 Å². The predicted octanol–water partition coefficient (Wildman–Crippen LogP) is 3.58. The molecule has 1 atom stereocenters. The monoisotopic (exact) mass is 336 g/mol. The molecule has 0 N–H and O–H groups in total. The highest BCUT2D eigenvalue weighted by molar-refractivity contribution is 9.09. The number of alkyl halides is 1. The van der Waals surface area contributed by atoms with Crippen molar-refractivity contribution in [3.63, 3.8) is 0 Å². The van der Waals surface area contributed by atoms with E-state index in [1.165, 1.54) is 14.0 Å². The van der Waals surface area contributed by atoms with E-state index in [1.807, 2.05) is 24.3 Å². The van der Waals surface area contributed by atoms with Gasteiger partial charge in [0.15, 0.2) is 5.01 Å². The average Bonchev–Trinajstić information content (AvgIpc) is 2.44. The molecule has 0 saturated heterocycles. The van der Waals surface area contributed by atoms with Crippen molar-refractivity contribution in [2.24, 2.45) is 0 Å². The molecule has 1 unspecified atom stereocenters. The van der Waals surface area contributed by atoms with Crippen LogP contribution in [0.2, 0.25) is 0 Å². The maximum Gasteiger partial charge on any atom is 0.338 e. The first-order valence-electron chi connectivity index (χ1n) is 5.96. The van der Waals surface area contributed by atoms with E-state index in [0.29, 0.717) is 5.56 Å². The molecule has 0 radical (unpaired) electrons. The van der Waals surface area contributed by atoms with E-state index in [9.17, 15) is 9.59 Å². The number of benzene rings is 2. The molecule has 20 heavy (non-hydrogen) atoms. The summed E-state index contributed by atoms with van der Waals surface area (Å²) < 4.78 is 9.91. The third kappa shape index (κ3) is 2.82. The maximum atomic E-state index is 11.8. The minimum atomic E-state index is -0.559. The van der Waals surface area contributed by atoms with Gasteiger partial charge in [0.2, 0.25) is 0 Å². The van der Waals surface area contributed by atoms with Crippen LogP contribution >= 0.6 is 15.9 Å². The molecule has 2 rings (SSSR count). The summed E-state index contributed by atoms with van der Waals surface area (Å²) >= 11 is 3.33. The van der Waals surface area contributed by atoms with Gasteiger partial charge >= 0.3 is 11.9 Å². The maximum absolute atomic E-state index is 11.8. The molecule has 0 aromatic heterocycles. The molecule has 2 aromatic rings. The topological polar surface area (TPSA) is 52.6 Å². The molecule has 0 fully saturated rings. The van der Waals surface area contributed by atoms with Gasteiger partial charge in [0.1, 0.15) is 0 Å². The van der Waals surface area contributed by atoms with Crippen LogP contribution in [0.1, 0.15) is 27.9 Å². The Hall–Kier alpha value is -1.88. The van der Waals surface area contributed by atoms with Gasteiger partial charge in [0, 0.05) is 12.5 Å². The number of rotatable bonds is 3. The summed E-state index contributed by atoms with van der Waals surface area (Å²) in [7, 11) is 1.34. The van der Waals surface area contributed by atoms with Crippen LogP contribution in [-0.2, 0) is 14.3 Å². The van der Waals surface area contributed by atoms with Crippen molar-refractivity contribution in [3.8, 4) is 0 Å². The Morgan fingerprint density at radius 1 is 1.10 bits per heavy atom. The van der Waals surface area contributed by atoms with E-state index >= 15 is 0 Å². The van der Waals surface area contributed by atoms with Gasteiger partial charge in [-0.25, -0.2) is 4.79 Å². The molecule has 0 amide bonds. The molecule has 4 nitrogen and oxygen atoms in total. The summed E-state index contributed by atoms with van der Waals surface area (Å²) in [6, 6.07) is 10.8. The van der Waals surface area contributed by atoms with Gasteiger partial charge in [0.05, 0.1) is 12.7 Å². The fraction of sp³-hybridized carbons (Fsp3) is 0.200. The number of hydrogen-bond acceptors (Lipinski definition) is 4. The van der Waals surface area contributed by atoms with Gasteiger partial charge < -0.3 is 9.47 Å². The lowest BCUT2D eigenvalue weighted by Gasteiger charge is -2.14. The number of halogens is 1. The lowest BCUT2D eigenvalue weighted by molar-refractivity contribution is -0.142. The van der Waals surface area contributed by atoms with Crippen molar-refractivity contribution in [3.05, 3.63) is 47.5 Å². The van der Waals surface area contributed by atoms with E-state index in [1.54, 1.807) is 12.1 Å². The van der Waals surface area contributed by atoms with Crippen LogP contribution in [0.3, 0.4) is 0 Å².